The quantitative estimate of drug-likeness (QED) is 0.0891. The fourth-order valence-electron chi connectivity index (χ4n) is 5.26. The number of carbonyl (C=O) groups is 2. The lowest BCUT2D eigenvalue weighted by Crippen LogP contribution is -2.37. The molecule has 0 amide bonds. The number of aromatic carboxylic acids is 1. The van der Waals surface area contributed by atoms with Crippen LogP contribution in [-0.4, -0.2) is 73.4 Å². The molecule has 1 aliphatic heterocycles. The maximum atomic E-state index is 13.2. The maximum Gasteiger partial charge on any atom is 0.340 e. The smallest absolute Gasteiger partial charge is 0.340 e. The van der Waals surface area contributed by atoms with Crippen LogP contribution < -0.4 is 14.2 Å². The second-order valence-corrected chi connectivity index (χ2v) is 12.4. The first-order valence-electron chi connectivity index (χ1n) is 16.3. The lowest BCUT2D eigenvalue weighted by atomic mass is 9.99. The van der Waals surface area contributed by atoms with E-state index in [1.165, 1.54) is 13.2 Å². The van der Waals surface area contributed by atoms with Crippen molar-refractivity contribution < 1.29 is 53.0 Å². The van der Waals surface area contributed by atoms with E-state index >= 15 is 0 Å². The first-order chi connectivity index (χ1) is 23.9. The van der Waals surface area contributed by atoms with Crippen molar-refractivity contribution in [3.05, 3.63) is 107 Å². The molecule has 1 saturated heterocycles. The first-order valence-corrected chi connectivity index (χ1v) is 16.3. The van der Waals surface area contributed by atoms with Crippen molar-refractivity contribution in [2.24, 2.45) is 5.92 Å². The number of rotatable bonds is 17. The first kappa shape index (κ1) is 38.1. The summed E-state index contributed by atoms with van der Waals surface area (Å²) in [4.78, 5) is 25.6. The third kappa shape index (κ3) is 10.7. The Kier molecular flexibility index (Phi) is 13.6. The number of benzene rings is 3. The van der Waals surface area contributed by atoms with Crippen LogP contribution in [-0.2, 0) is 25.6 Å². The predicted molar refractivity (Wildman–Crippen MR) is 186 cm³/mol. The third-order valence-corrected chi connectivity index (χ3v) is 8.05. The largest absolute Gasteiger partial charge is 0.497 e. The molecule has 0 unspecified atom stereocenters. The lowest BCUT2D eigenvalue weighted by molar-refractivity contribution is -0.152. The normalized spacial score (nSPS) is 18.9. The Labute approximate surface area is 293 Å². The fraction of sp³-hybridized carbons (Fsp3) is 0.385. The Balaban J connectivity index is 1.62. The monoisotopic (exact) mass is 690 g/mol. The van der Waals surface area contributed by atoms with Crippen molar-refractivity contribution in [1.29, 1.82) is 0 Å². The molecule has 1 aliphatic rings. The summed E-state index contributed by atoms with van der Waals surface area (Å²) in [6, 6.07) is 19.2. The molecular formula is C39H46O11. The molecule has 0 aliphatic carbocycles. The summed E-state index contributed by atoms with van der Waals surface area (Å²) in [5, 5.41) is 20.3. The zero-order valence-electron chi connectivity index (χ0n) is 29.2. The summed E-state index contributed by atoms with van der Waals surface area (Å²) in [7, 11) is 3.03. The minimum atomic E-state index is -1.19. The van der Waals surface area contributed by atoms with Gasteiger partial charge in [0, 0.05) is 13.2 Å². The summed E-state index contributed by atoms with van der Waals surface area (Å²) in [6.45, 7) is 7.13. The van der Waals surface area contributed by atoms with Gasteiger partial charge in [0.15, 0.2) is 12.6 Å². The Morgan fingerprint density at radius 3 is 2.30 bits per heavy atom. The Bertz CT molecular complexity index is 1610. The Morgan fingerprint density at radius 2 is 1.66 bits per heavy atom. The molecule has 0 aromatic heterocycles. The van der Waals surface area contributed by atoms with Gasteiger partial charge in [0.05, 0.1) is 24.9 Å². The summed E-state index contributed by atoms with van der Waals surface area (Å²) >= 11 is 0. The number of hydrogen-bond donors (Lipinski definition) is 2. The zero-order valence-corrected chi connectivity index (χ0v) is 29.2. The topological polar surface area (TPSA) is 139 Å². The molecule has 3 aromatic rings. The van der Waals surface area contributed by atoms with Gasteiger partial charge in [0.25, 0.3) is 0 Å². The molecule has 5 atom stereocenters. The van der Waals surface area contributed by atoms with Crippen molar-refractivity contribution in [3.8, 4) is 17.2 Å². The van der Waals surface area contributed by atoms with E-state index in [-0.39, 0.29) is 37.1 Å². The van der Waals surface area contributed by atoms with Gasteiger partial charge in [-0.15, -0.1) is 0 Å². The van der Waals surface area contributed by atoms with Gasteiger partial charge >= 0.3 is 11.9 Å². The standard InChI is InChI=1S/C39H46O11/c1-25(26(2)40)15-20-32(48-38(43)28-11-8-7-9-12-28)36-33(49-39(3,4)50-36)14-10-13-29-21-31(22-34(47-24-44-5)35(29)37(41)42)46-23-27-16-18-30(45-6)19-17-27/h7-13,15-22,25-26,32-33,36,40H,14,23-24H2,1-6H3,(H,41,42)/b13-10+,20-15-/t25-,26+,32+,33-,36-/m1/s1. The van der Waals surface area contributed by atoms with Gasteiger partial charge in [-0.1, -0.05) is 55.5 Å². The highest BCUT2D eigenvalue weighted by molar-refractivity contribution is 5.95. The van der Waals surface area contributed by atoms with Gasteiger partial charge in [-0.05, 0) is 80.6 Å². The minimum absolute atomic E-state index is 0.0692. The highest BCUT2D eigenvalue weighted by atomic mass is 16.8. The molecule has 4 rings (SSSR count). The number of esters is 1. The van der Waals surface area contributed by atoms with E-state index in [1.807, 2.05) is 37.3 Å². The number of ether oxygens (including phenoxy) is 7. The summed E-state index contributed by atoms with van der Waals surface area (Å²) in [5.41, 5.74) is 1.53. The number of carboxylic acids is 1. The van der Waals surface area contributed by atoms with Crippen LogP contribution >= 0.6 is 0 Å². The fourth-order valence-corrected chi connectivity index (χ4v) is 5.26. The average molecular weight is 691 g/mol. The molecule has 2 N–H and O–H groups in total. The van der Waals surface area contributed by atoms with Crippen molar-refractivity contribution in [3.63, 3.8) is 0 Å². The lowest BCUT2D eigenvalue weighted by Gasteiger charge is -2.25. The van der Waals surface area contributed by atoms with Crippen LogP contribution in [0.3, 0.4) is 0 Å². The maximum absolute atomic E-state index is 13.2. The molecule has 11 nitrogen and oxygen atoms in total. The molecule has 0 bridgehead atoms. The van der Waals surface area contributed by atoms with Gasteiger partial charge in [-0.2, -0.15) is 0 Å². The Hall–Kier alpha value is -4.68. The van der Waals surface area contributed by atoms with Gasteiger partial charge in [0.2, 0.25) is 0 Å². The highest BCUT2D eigenvalue weighted by Gasteiger charge is 2.45. The van der Waals surface area contributed by atoms with E-state index in [4.69, 9.17) is 33.2 Å². The van der Waals surface area contributed by atoms with Gasteiger partial charge in [-0.25, -0.2) is 9.59 Å². The molecular weight excluding hydrogens is 644 g/mol. The van der Waals surface area contributed by atoms with Gasteiger partial charge in [-0.3, -0.25) is 0 Å². The van der Waals surface area contributed by atoms with Crippen LogP contribution in [0.5, 0.6) is 17.2 Å². The van der Waals surface area contributed by atoms with Gasteiger partial charge in [0.1, 0.15) is 41.6 Å². The molecule has 50 heavy (non-hydrogen) atoms. The van der Waals surface area contributed by atoms with Crippen LogP contribution in [0.2, 0.25) is 0 Å². The van der Waals surface area contributed by atoms with Crippen LogP contribution in [0.4, 0.5) is 0 Å². The molecule has 11 heteroatoms. The van der Waals surface area contributed by atoms with E-state index in [0.717, 1.165) is 11.3 Å². The number of carbonyl (C=O) groups excluding carboxylic acids is 1. The molecule has 1 heterocycles. The van der Waals surface area contributed by atoms with E-state index in [0.29, 0.717) is 16.9 Å². The number of hydrogen-bond acceptors (Lipinski definition) is 10. The van der Waals surface area contributed by atoms with Crippen molar-refractivity contribution >= 4 is 18.0 Å². The van der Waals surface area contributed by atoms with E-state index in [2.05, 4.69) is 0 Å². The Morgan fingerprint density at radius 1 is 0.940 bits per heavy atom. The van der Waals surface area contributed by atoms with Crippen molar-refractivity contribution in [2.45, 2.75) is 70.9 Å². The van der Waals surface area contributed by atoms with Crippen LogP contribution in [0.25, 0.3) is 6.08 Å². The summed E-state index contributed by atoms with van der Waals surface area (Å²) in [5.74, 6) is -1.76. The van der Waals surface area contributed by atoms with Crippen LogP contribution in [0, 0.1) is 5.92 Å². The van der Waals surface area contributed by atoms with Crippen LogP contribution in [0.15, 0.2) is 85.0 Å². The SMILES string of the molecule is COCOc1cc(OCc2ccc(OC)cc2)cc(/C=C/C[C@H]2OC(C)(C)O[C@@H]2[C@H](/C=C\[C@@H](C)[C@H](C)O)OC(=O)c2ccccc2)c1C(=O)O. The second-order valence-electron chi connectivity index (χ2n) is 12.4. The minimum Gasteiger partial charge on any atom is -0.497 e. The summed E-state index contributed by atoms with van der Waals surface area (Å²) < 4.78 is 40.5. The van der Waals surface area contributed by atoms with E-state index < -0.39 is 42.1 Å². The summed E-state index contributed by atoms with van der Waals surface area (Å²) in [6.07, 6.45) is 4.42. The third-order valence-electron chi connectivity index (χ3n) is 8.05. The molecule has 268 valence electrons. The average Bonchev–Trinajstić information content (AvgIpc) is 3.41. The highest BCUT2D eigenvalue weighted by Crippen LogP contribution is 2.35. The van der Waals surface area contributed by atoms with E-state index in [9.17, 15) is 19.8 Å². The second kappa shape index (κ2) is 17.8. The number of aliphatic hydroxyl groups is 1. The number of methoxy groups -OCH3 is 2. The number of carboxylic acid groups (broad SMARTS) is 1. The van der Waals surface area contributed by atoms with E-state index in [1.54, 1.807) is 82.5 Å². The van der Waals surface area contributed by atoms with Gasteiger partial charge < -0.3 is 43.4 Å². The molecule has 3 aromatic carbocycles. The zero-order chi connectivity index (χ0) is 36.3. The number of aliphatic hydroxyl groups excluding tert-OH is 1. The predicted octanol–water partition coefficient (Wildman–Crippen LogP) is 6.68. The molecule has 0 spiro atoms. The molecule has 1 fully saturated rings. The molecule has 0 saturated carbocycles. The van der Waals surface area contributed by atoms with Crippen molar-refractivity contribution in [1.82, 2.24) is 0 Å². The van der Waals surface area contributed by atoms with Crippen LogP contribution in [0.1, 0.15) is 66.0 Å². The molecule has 0 radical (unpaired) electrons. The van der Waals surface area contributed by atoms with Crippen molar-refractivity contribution in [2.75, 3.05) is 21.0 Å².